The van der Waals surface area contributed by atoms with Crippen molar-refractivity contribution in [3.05, 3.63) is 33.8 Å². The first kappa shape index (κ1) is 14.4. The Morgan fingerprint density at radius 2 is 2.23 bits per heavy atom. The molecule has 1 saturated heterocycles. The van der Waals surface area contributed by atoms with E-state index in [1.807, 2.05) is 0 Å². The monoisotopic (exact) mass is 316 g/mol. The molecule has 1 atom stereocenters. The molecule has 0 radical (unpaired) electrons. The van der Waals surface area contributed by atoms with Crippen molar-refractivity contribution in [2.24, 2.45) is 0 Å². The van der Waals surface area contributed by atoms with Gasteiger partial charge in [-0.1, -0.05) is 0 Å². The van der Waals surface area contributed by atoms with Crippen LogP contribution in [-0.2, 0) is 19.5 Å². The maximum absolute atomic E-state index is 4.79. The molecule has 4 heterocycles. The topological polar surface area (TPSA) is 34.0 Å². The molecular weight excluding hydrogens is 292 g/mol. The highest BCUT2D eigenvalue weighted by Gasteiger charge is 2.27. The zero-order valence-electron chi connectivity index (χ0n) is 13.3. The molecule has 2 aliphatic heterocycles. The molecule has 1 unspecified atom stereocenters. The minimum absolute atomic E-state index is 0.598. The molecule has 5 heteroatoms. The molecule has 0 aromatic carbocycles. The summed E-state index contributed by atoms with van der Waals surface area (Å²) in [7, 11) is 0. The van der Waals surface area contributed by atoms with E-state index in [9.17, 15) is 0 Å². The van der Waals surface area contributed by atoms with Crippen LogP contribution in [0.2, 0.25) is 0 Å². The van der Waals surface area contributed by atoms with Gasteiger partial charge in [0.15, 0.2) is 0 Å². The Labute approximate surface area is 136 Å². The fourth-order valence-electron chi connectivity index (χ4n) is 3.91. The Balaban J connectivity index is 1.47. The van der Waals surface area contributed by atoms with Gasteiger partial charge in [-0.15, -0.1) is 11.3 Å². The van der Waals surface area contributed by atoms with Gasteiger partial charge in [0, 0.05) is 42.8 Å². The van der Waals surface area contributed by atoms with Crippen molar-refractivity contribution in [2.45, 2.75) is 58.0 Å². The zero-order chi connectivity index (χ0) is 14.9. The normalized spacial score (nSPS) is 22.7. The molecule has 1 fully saturated rings. The summed E-state index contributed by atoms with van der Waals surface area (Å²) in [6.45, 7) is 6.58. The third-order valence-electron chi connectivity index (χ3n) is 4.96. The molecule has 0 aliphatic carbocycles. The molecule has 118 valence electrons. The summed E-state index contributed by atoms with van der Waals surface area (Å²) in [6.07, 6.45) is 8.52. The lowest BCUT2D eigenvalue weighted by Crippen LogP contribution is -2.35. The van der Waals surface area contributed by atoms with E-state index in [0.717, 1.165) is 13.1 Å². The number of likely N-dealkylation sites (tertiary alicyclic amines) is 1. The first-order valence-electron chi connectivity index (χ1n) is 8.47. The summed E-state index contributed by atoms with van der Waals surface area (Å²) in [5.74, 6) is 1.94. The van der Waals surface area contributed by atoms with Crippen molar-refractivity contribution in [3.8, 4) is 0 Å². The summed E-state index contributed by atoms with van der Waals surface area (Å²) < 4.78 is 2.50. The van der Waals surface area contributed by atoms with Gasteiger partial charge >= 0.3 is 0 Å². The molecule has 22 heavy (non-hydrogen) atoms. The van der Waals surface area contributed by atoms with Crippen molar-refractivity contribution in [3.63, 3.8) is 0 Å². The molecule has 2 aliphatic rings. The summed E-state index contributed by atoms with van der Waals surface area (Å²) in [5.41, 5.74) is 2.68. The Kier molecular flexibility index (Phi) is 4.01. The number of aromatic nitrogens is 3. The van der Waals surface area contributed by atoms with Gasteiger partial charge in [-0.3, -0.25) is 4.90 Å². The fourth-order valence-corrected chi connectivity index (χ4v) is 4.51. The third kappa shape index (κ3) is 2.84. The number of thiazole rings is 1. The van der Waals surface area contributed by atoms with Crippen LogP contribution in [0.3, 0.4) is 0 Å². The van der Waals surface area contributed by atoms with E-state index in [4.69, 9.17) is 4.98 Å². The molecule has 4 rings (SSSR count). The number of rotatable bonds is 3. The molecule has 0 N–H and O–H groups in total. The van der Waals surface area contributed by atoms with Gasteiger partial charge in [-0.2, -0.15) is 0 Å². The molecule has 0 saturated carbocycles. The van der Waals surface area contributed by atoms with Gasteiger partial charge in [0.2, 0.25) is 0 Å². The molecule has 0 bridgehead atoms. The van der Waals surface area contributed by atoms with E-state index >= 15 is 0 Å². The largest absolute Gasteiger partial charge is 0.332 e. The number of hydrogen-bond acceptors (Lipinski definition) is 4. The first-order chi connectivity index (χ1) is 10.8. The highest BCUT2D eigenvalue weighted by molar-refractivity contribution is 7.09. The van der Waals surface area contributed by atoms with Crippen LogP contribution >= 0.6 is 11.3 Å². The van der Waals surface area contributed by atoms with E-state index in [-0.39, 0.29) is 0 Å². The predicted octanol–water partition coefficient (Wildman–Crippen LogP) is 3.36. The SMILES string of the molecule is Cc1nc(CN2CCCC(c3ncc4n3CCCC4)C2)cs1. The summed E-state index contributed by atoms with van der Waals surface area (Å²) >= 11 is 1.76. The molecule has 0 amide bonds. The first-order valence-corrected chi connectivity index (χ1v) is 9.35. The van der Waals surface area contributed by atoms with Crippen LogP contribution < -0.4 is 0 Å². The van der Waals surface area contributed by atoms with Crippen molar-refractivity contribution in [1.29, 1.82) is 0 Å². The van der Waals surface area contributed by atoms with Gasteiger partial charge in [-0.05, 0) is 45.6 Å². The summed E-state index contributed by atoms with van der Waals surface area (Å²) in [5, 5.41) is 3.38. The minimum atomic E-state index is 0.598. The standard InChI is InChI=1S/C17H24N4S/c1-13-19-15(12-22-13)11-20-7-4-5-14(10-20)17-18-9-16-6-2-3-8-21(16)17/h9,12,14H,2-8,10-11H2,1H3. The molecule has 2 aromatic heterocycles. The van der Waals surface area contributed by atoms with Crippen LogP contribution in [0.5, 0.6) is 0 Å². The molecule has 2 aromatic rings. The Hall–Kier alpha value is -1.20. The van der Waals surface area contributed by atoms with Crippen molar-refractivity contribution in [1.82, 2.24) is 19.4 Å². The quantitative estimate of drug-likeness (QED) is 0.870. The lowest BCUT2D eigenvalue weighted by atomic mass is 9.96. The summed E-state index contributed by atoms with van der Waals surface area (Å²) in [4.78, 5) is 12.0. The van der Waals surface area contributed by atoms with Crippen LogP contribution in [0.1, 0.15) is 53.8 Å². The maximum atomic E-state index is 4.79. The van der Waals surface area contributed by atoms with Crippen molar-refractivity contribution < 1.29 is 0 Å². The number of hydrogen-bond donors (Lipinski definition) is 0. The second-order valence-corrected chi connectivity index (χ2v) is 7.71. The highest BCUT2D eigenvalue weighted by Crippen LogP contribution is 2.29. The molecular formula is C17H24N4S. The van der Waals surface area contributed by atoms with E-state index < -0.39 is 0 Å². The number of aryl methyl sites for hydroxylation is 2. The van der Waals surface area contributed by atoms with E-state index in [1.54, 1.807) is 11.3 Å². The minimum Gasteiger partial charge on any atom is -0.332 e. The van der Waals surface area contributed by atoms with Gasteiger partial charge in [0.05, 0.1) is 10.7 Å². The van der Waals surface area contributed by atoms with Crippen LogP contribution in [0.4, 0.5) is 0 Å². The second-order valence-electron chi connectivity index (χ2n) is 6.65. The Morgan fingerprint density at radius 1 is 1.27 bits per heavy atom. The predicted molar refractivity (Wildman–Crippen MR) is 89.3 cm³/mol. The molecule has 4 nitrogen and oxygen atoms in total. The average molecular weight is 316 g/mol. The van der Waals surface area contributed by atoms with E-state index in [1.165, 1.54) is 67.4 Å². The smallest absolute Gasteiger partial charge is 0.113 e. The van der Waals surface area contributed by atoms with Crippen LogP contribution in [0.15, 0.2) is 11.6 Å². The van der Waals surface area contributed by atoms with Gasteiger partial charge < -0.3 is 4.57 Å². The lowest BCUT2D eigenvalue weighted by molar-refractivity contribution is 0.192. The van der Waals surface area contributed by atoms with Crippen molar-refractivity contribution in [2.75, 3.05) is 13.1 Å². The van der Waals surface area contributed by atoms with E-state index in [2.05, 4.69) is 33.0 Å². The van der Waals surface area contributed by atoms with Gasteiger partial charge in [0.25, 0.3) is 0 Å². The Morgan fingerprint density at radius 3 is 3.09 bits per heavy atom. The zero-order valence-corrected chi connectivity index (χ0v) is 14.1. The van der Waals surface area contributed by atoms with Crippen molar-refractivity contribution >= 4 is 11.3 Å². The maximum Gasteiger partial charge on any atom is 0.113 e. The van der Waals surface area contributed by atoms with E-state index in [0.29, 0.717) is 5.92 Å². The van der Waals surface area contributed by atoms with Crippen LogP contribution in [0, 0.1) is 6.92 Å². The second kappa shape index (κ2) is 6.13. The van der Waals surface area contributed by atoms with Crippen LogP contribution in [-0.4, -0.2) is 32.5 Å². The molecule has 0 spiro atoms. The number of piperidine rings is 1. The number of imidazole rings is 1. The lowest BCUT2D eigenvalue weighted by Gasteiger charge is -2.32. The number of nitrogens with zero attached hydrogens (tertiary/aromatic N) is 4. The average Bonchev–Trinajstić information content (AvgIpc) is 3.14. The third-order valence-corrected chi connectivity index (χ3v) is 5.78. The number of fused-ring (bicyclic) bond motifs is 1. The fraction of sp³-hybridized carbons (Fsp3) is 0.647. The van der Waals surface area contributed by atoms with Crippen LogP contribution in [0.25, 0.3) is 0 Å². The summed E-state index contributed by atoms with van der Waals surface area (Å²) in [6, 6.07) is 0. The highest BCUT2D eigenvalue weighted by atomic mass is 32.1. The van der Waals surface area contributed by atoms with Gasteiger partial charge in [-0.25, -0.2) is 9.97 Å². The Bertz CT molecular complexity index is 645. The van der Waals surface area contributed by atoms with Gasteiger partial charge in [0.1, 0.15) is 5.82 Å².